The number of hydrogen-bond donors (Lipinski definition) is 1. The fourth-order valence-corrected chi connectivity index (χ4v) is 2.46. The second-order valence-corrected chi connectivity index (χ2v) is 6.04. The lowest BCUT2D eigenvalue weighted by Crippen LogP contribution is -2.11. The molecule has 0 radical (unpaired) electrons. The molecule has 0 bridgehead atoms. The molecule has 1 aromatic heterocycles. The molecule has 1 heterocycles. The van der Waals surface area contributed by atoms with Crippen LogP contribution in [0.4, 0.5) is 5.88 Å². The highest BCUT2D eigenvalue weighted by molar-refractivity contribution is 6.03. The number of benzene rings is 2. The number of aromatic nitrogens is 1. The van der Waals surface area contributed by atoms with Crippen molar-refractivity contribution in [2.24, 2.45) is 0 Å². The summed E-state index contributed by atoms with van der Waals surface area (Å²) in [6.45, 7) is 5.91. The molecule has 0 unspecified atom stereocenters. The summed E-state index contributed by atoms with van der Waals surface area (Å²) in [4.78, 5) is 12.3. The van der Waals surface area contributed by atoms with E-state index in [-0.39, 0.29) is 12.0 Å². The van der Waals surface area contributed by atoms with Crippen molar-refractivity contribution in [3.8, 4) is 17.0 Å². The van der Waals surface area contributed by atoms with E-state index in [4.69, 9.17) is 9.26 Å². The first-order valence-electron chi connectivity index (χ1n) is 8.14. The largest absolute Gasteiger partial charge is 0.491 e. The first-order valence-corrected chi connectivity index (χ1v) is 8.14. The molecule has 0 fully saturated rings. The van der Waals surface area contributed by atoms with Crippen LogP contribution in [0.1, 0.15) is 29.8 Å². The van der Waals surface area contributed by atoms with Gasteiger partial charge in [-0.1, -0.05) is 29.4 Å². The number of carbonyl (C=O) groups excluding carboxylic acids is 1. The number of rotatable bonds is 5. The standard InChI is InChI=1S/C20H20N2O3/c1-13(2)24-16-10-8-15(9-11-16)20(23)21-19-12-18(22-25-19)17-7-5-4-6-14(17)3/h4-13H,1-3H3,(H,21,23). The van der Waals surface area contributed by atoms with Crippen LogP contribution < -0.4 is 10.1 Å². The molecule has 0 aliphatic rings. The summed E-state index contributed by atoms with van der Waals surface area (Å²) in [5.41, 5.74) is 3.27. The predicted molar refractivity (Wildman–Crippen MR) is 96.8 cm³/mol. The lowest BCUT2D eigenvalue weighted by atomic mass is 10.1. The van der Waals surface area contributed by atoms with Gasteiger partial charge >= 0.3 is 0 Å². The van der Waals surface area contributed by atoms with Gasteiger partial charge in [0.25, 0.3) is 5.91 Å². The Balaban J connectivity index is 1.70. The molecular weight excluding hydrogens is 316 g/mol. The van der Waals surface area contributed by atoms with Crippen molar-refractivity contribution in [1.82, 2.24) is 5.16 Å². The molecule has 0 aliphatic heterocycles. The summed E-state index contributed by atoms with van der Waals surface area (Å²) in [5, 5.41) is 6.75. The molecule has 25 heavy (non-hydrogen) atoms. The van der Waals surface area contributed by atoms with E-state index in [0.29, 0.717) is 17.1 Å². The molecule has 5 nitrogen and oxygen atoms in total. The molecule has 0 spiro atoms. The van der Waals surface area contributed by atoms with Crippen LogP contribution in [0.3, 0.4) is 0 Å². The SMILES string of the molecule is Cc1ccccc1-c1cc(NC(=O)c2ccc(OC(C)C)cc2)on1. The minimum absolute atomic E-state index is 0.0914. The maximum Gasteiger partial charge on any atom is 0.258 e. The van der Waals surface area contributed by atoms with E-state index in [1.165, 1.54) is 0 Å². The normalized spacial score (nSPS) is 10.7. The average molecular weight is 336 g/mol. The van der Waals surface area contributed by atoms with Crippen LogP contribution in [0.25, 0.3) is 11.3 Å². The van der Waals surface area contributed by atoms with E-state index in [9.17, 15) is 4.79 Å². The smallest absolute Gasteiger partial charge is 0.258 e. The van der Waals surface area contributed by atoms with Gasteiger partial charge in [-0.3, -0.25) is 10.1 Å². The van der Waals surface area contributed by atoms with Crippen LogP contribution in [-0.4, -0.2) is 17.2 Å². The molecule has 3 aromatic rings. The maximum absolute atomic E-state index is 12.3. The zero-order chi connectivity index (χ0) is 17.8. The number of anilines is 1. The summed E-state index contributed by atoms with van der Waals surface area (Å²) in [5.74, 6) is 0.780. The summed E-state index contributed by atoms with van der Waals surface area (Å²) < 4.78 is 10.8. The van der Waals surface area contributed by atoms with E-state index in [1.807, 2.05) is 45.0 Å². The molecule has 3 rings (SSSR count). The quantitative estimate of drug-likeness (QED) is 0.734. The Morgan fingerprint density at radius 1 is 1.12 bits per heavy atom. The van der Waals surface area contributed by atoms with Gasteiger partial charge in [0.05, 0.1) is 6.10 Å². The highest BCUT2D eigenvalue weighted by Crippen LogP contribution is 2.25. The van der Waals surface area contributed by atoms with Crippen molar-refractivity contribution in [2.45, 2.75) is 26.9 Å². The zero-order valence-corrected chi connectivity index (χ0v) is 14.4. The van der Waals surface area contributed by atoms with Gasteiger partial charge in [-0.15, -0.1) is 0 Å². The van der Waals surface area contributed by atoms with Gasteiger partial charge in [0.15, 0.2) is 0 Å². The number of amides is 1. The summed E-state index contributed by atoms with van der Waals surface area (Å²) in [6.07, 6.45) is 0.0914. The minimum Gasteiger partial charge on any atom is -0.491 e. The van der Waals surface area contributed by atoms with Crippen molar-refractivity contribution in [1.29, 1.82) is 0 Å². The zero-order valence-electron chi connectivity index (χ0n) is 14.4. The van der Waals surface area contributed by atoms with Gasteiger partial charge in [-0.05, 0) is 50.6 Å². The Kier molecular flexibility index (Phi) is 4.84. The first kappa shape index (κ1) is 16.8. The summed E-state index contributed by atoms with van der Waals surface area (Å²) >= 11 is 0. The van der Waals surface area contributed by atoms with Crippen LogP contribution in [0, 0.1) is 6.92 Å². The van der Waals surface area contributed by atoms with Gasteiger partial charge < -0.3 is 9.26 Å². The van der Waals surface area contributed by atoms with Gasteiger partial charge in [0, 0.05) is 17.2 Å². The second-order valence-electron chi connectivity index (χ2n) is 6.04. The lowest BCUT2D eigenvalue weighted by Gasteiger charge is -2.09. The first-order chi connectivity index (χ1) is 12.0. The van der Waals surface area contributed by atoms with E-state index in [1.54, 1.807) is 30.3 Å². The van der Waals surface area contributed by atoms with Crippen LogP contribution in [-0.2, 0) is 0 Å². The molecule has 1 amide bonds. The number of nitrogens with one attached hydrogen (secondary N) is 1. The highest BCUT2D eigenvalue weighted by Gasteiger charge is 2.12. The third kappa shape index (κ3) is 4.07. The number of ether oxygens (including phenoxy) is 1. The molecule has 5 heteroatoms. The van der Waals surface area contributed by atoms with E-state index in [2.05, 4.69) is 10.5 Å². The van der Waals surface area contributed by atoms with Crippen molar-refractivity contribution >= 4 is 11.8 Å². The van der Waals surface area contributed by atoms with Gasteiger partial charge in [0.1, 0.15) is 11.4 Å². The topological polar surface area (TPSA) is 64.4 Å². The highest BCUT2D eigenvalue weighted by atomic mass is 16.5. The van der Waals surface area contributed by atoms with E-state index in [0.717, 1.165) is 16.9 Å². The summed E-state index contributed by atoms with van der Waals surface area (Å²) in [7, 11) is 0. The second kappa shape index (κ2) is 7.21. The molecule has 0 aliphatic carbocycles. The van der Waals surface area contributed by atoms with Gasteiger partial charge in [0.2, 0.25) is 5.88 Å². The maximum atomic E-state index is 12.3. The molecule has 1 N–H and O–H groups in total. The fourth-order valence-electron chi connectivity index (χ4n) is 2.46. The molecule has 0 saturated heterocycles. The van der Waals surface area contributed by atoms with E-state index < -0.39 is 0 Å². The third-order valence-electron chi connectivity index (χ3n) is 3.66. The van der Waals surface area contributed by atoms with Crippen LogP contribution in [0.2, 0.25) is 0 Å². The third-order valence-corrected chi connectivity index (χ3v) is 3.66. The van der Waals surface area contributed by atoms with Crippen LogP contribution in [0.15, 0.2) is 59.1 Å². The number of hydrogen-bond acceptors (Lipinski definition) is 4. The molecular formula is C20H20N2O3. The summed E-state index contributed by atoms with van der Waals surface area (Å²) in [6, 6.07) is 16.6. The molecule has 0 atom stereocenters. The Bertz CT molecular complexity index is 867. The fraction of sp³-hybridized carbons (Fsp3) is 0.200. The van der Waals surface area contributed by atoms with Crippen LogP contribution in [0.5, 0.6) is 5.75 Å². The number of nitrogens with zero attached hydrogens (tertiary/aromatic N) is 1. The van der Waals surface area contributed by atoms with Crippen molar-refractivity contribution < 1.29 is 14.1 Å². The Morgan fingerprint density at radius 2 is 1.84 bits per heavy atom. The Hall–Kier alpha value is -3.08. The van der Waals surface area contributed by atoms with Gasteiger partial charge in [-0.25, -0.2) is 0 Å². The number of aryl methyl sites for hydroxylation is 1. The Labute approximate surface area is 146 Å². The predicted octanol–water partition coefficient (Wildman–Crippen LogP) is 4.69. The molecule has 128 valence electrons. The van der Waals surface area contributed by atoms with Crippen LogP contribution >= 0.6 is 0 Å². The number of carbonyl (C=O) groups is 1. The molecule has 2 aromatic carbocycles. The van der Waals surface area contributed by atoms with Crippen molar-refractivity contribution in [2.75, 3.05) is 5.32 Å². The Morgan fingerprint density at radius 3 is 2.52 bits per heavy atom. The van der Waals surface area contributed by atoms with Crippen molar-refractivity contribution in [3.05, 3.63) is 65.7 Å². The molecule has 0 saturated carbocycles. The lowest BCUT2D eigenvalue weighted by molar-refractivity contribution is 0.102. The minimum atomic E-state index is -0.261. The monoisotopic (exact) mass is 336 g/mol. The average Bonchev–Trinajstić information content (AvgIpc) is 3.03. The van der Waals surface area contributed by atoms with E-state index >= 15 is 0 Å². The van der Waals surface area contributed by atoms with Crippen molar-refractivity contribution in [3.63, 3.8) is 0 Å². The van der Waals surface area contributed by atoms with Gasteiger partial charge in [-0.2, -0.15) is 0 Å².